The zero-order chi connectivity index (χ0) is 27.3. The van der Waals surface area contributed by atoms with Crippen molar-refractivity contribution in [2.45, 2.75) is 38.5 Å². The number of fused-ring (bicyclic) bond motifs is 2. The highest BCUT2D eigenvalue weighted by atomic mass is 19.3. The van der Waals surface area contributed by atoms with Gasteiger partial charge in [0, 0.05) is 37.0 Å². The van der Waals surface area contributed by atoms with Gasteiger partial charge >= 0.3 is 0 Å². The SMILES string of the molecule is CC(C)(O)[C@@H]1CN(c2ccc(Nc3ccc(-c4cnc5cc(C(F)F)ccn45)c4c3C(=O)NC4)nc2)CCO1. The molecule has 11 heteroatoms. The number of ether oxygens (including phenoxy) is 1. The van der Waals surface area contributed by atoms with E-state index in [1.165, 1.54) is 12.1 Å². The van der Waals surface area contributed by atoms with Gasteiger partial charge in [-0.25, -0.2) is 18.7 Å². The molecule has 0 unspecified atom stereocenters. The second-order valence-electron chi connectivity index (χ2n) is 10.3. The van der Waals surface area contributed by atoms with Crippen molar-refractivity contribution in [3.8, 4) is 11.3 Å². The molecule has 9 nitrogen and oxygen atoms in total. The molecule has 0 radical (unpaired) electrons. The van der Waals surface area contributed by atoms with Crippen molar-refractivity contribution in [1.82, 2.24) is 19.7 Å². The molecule has 39 heavy (non-hydrogen) atoms. The molecule has 6 rings (SSSR count). The number of alkyl halides is 2. The average Bonchev–Trinajstić information content (AvgIpc) is 3.53. The van der Waals surface area contributed by atoms with E-state index in [0.29, 0.717) is 54.7 Å². The van der Waals surface area contributed by atoms with E-state index in [2.05, 4.69) is 25.5 Å². The number of halogens is 2. The van der Waals surface area contributed by atoms with Crippen molar-refractivity contribution < 1.29 is 23.4 Å². The monoisotopic (exact) mass is 534 g/mol. The first kappa shape index (κ1) is 25.2. The van der Waals surface area contributed by atoms with Crippen molar-refractivity contribution in [3.05, 3.63) is 71.7 Å². The predicted molar refractivity (Wildman–Crippen MR) is 143 cm³/mol. The van der Waals surface area contributed by atoms with E-state index in [9.17, 15) is 18.7 Å². The number of rotatable bonds is 6. The number of hydrogen-bond donors (Lipinski definition) is 3. The lowest BCUT2D eigenvalue weighted by atomic mass is 9.99. The van der Waals surface area contributed by atoms with Crippen LogP contribution in [-0.4, -0.2) is 56.8 Å². The highest BCUT2D eigenvalue weighted by Crippen LogP contribution is 2.36. The molecule has 0 aliphatic carbocycles. The third-order valence-electron chi connectivity index (χ3n) is 7.26. The number of amides is 1. The second kappa shape index (κ2) is 9.58. The number of pyridine rings is 2. The topological polar surface area (TPSA) is 104 Å². The van der Waals surface area contributed by atoms with Gasteiger partial charge in [-0.1, -0.05) is 6.07 Å². The Morgan fingerprint density at radius 2 is 2.03 bits per heavy atom. The van der Waals surface area contributed by atoms with Crippen LogP contribution in [0, 0.1) is 0 Å². The third-order valence-corrected chi connectivity index (χ3v) is 7.26. The van der Waals surface area contributed by atoms with Gasteiger partial charge in [0.05, 0.1) is 47.2 Å². The summed E-state index contributed by atoms with van der Waals surface area (Å²) in [5.74, 6) is 0.376. The quantitative estimate of drug-likeness (QED) is 0.339. The molecule has 3 N–H and O–H groups in total. The second-order valence-corrected chi connectivity index (χ2v) is 10.3. The lowest BCUT2D eigenvalue weighted by Gasteiger charge is -2.39. The van der Waals surface area contributed by atoms with Crippen molar-refractivity contribution in [2.75, 3.05) is 29.9 Å². The molecule has 0 bridgehead atoms. The highest BCUT2D eigenvalue weighted by molar-refractivity contribution is 6.06. The minimum atomic E-state index is -2.58. The fourth-order valence-corrected chi connectivity index (χ4v) is 5.12. The van der Waals surface area contributed by atoms with Crippen LogP contribution in [0.4, 0.5) is 26.0 Å². The molecule has 1 fully saturated rings. The van der Waals surface area contributed by atoms with Crippen LogP contribution >= 0.6 is 0 Å². The molecule has 2 aliphatic rings. The molecule has 1 aromatic carbocycles. The summed E-state index contributed by atoms with van der Waals surface area (Å²) in [7, 11) is 0. The summed E-state index contributed by atoms with van der Waals surface area (Å²) >= 11 is 0. The first-order valence-corrected chi connectivity index (χ1v) is 12.7. The van der Waals surface area contributed by atoms with Crippen molar-refractivity contribution in [1.29, 1.82) is 0 Å². The number of nitrogens with zero attached hydrogens (tertiary/aromatic N) is 4. The Morgan fingerprint density at radius 1 is 1.18 bits per heavy atom. The fraction of sp³-hybridized carbons (Fsp3) is 0.321. The van der Waals surface area contributed by atoms with Gasteiger partial charge in [0.25, 0.3) is 12.3 Å². The van der Waals surface area contributed by atoms with Crippen LogP contribution in [0.5, 0.6) is 0 Å². The van der Waals surface area contributed by atoms with Crippen LogP contribution in [-0.2, 0) is 11.3 Å². The molecule has 2 aliphatic heterocycles. The van der Waals surface area contributed by atoms with E-state index in [4.69, 9.17) is 4.74 Å². The number of anilines is 3. The molecule has 4 aromatic rings. The van der Waals surface area contributed by atoms with Crippen LogP contribution < -0.4 is 15.5 Å². The summed E-state index contributed by atoms with van der Waals surface area (Å²) in [6.07, 6.45) is 2.09. The van der Waals surface area contributed by atoms with Gasteiger partial charge in [-0.2, -0.15) is 0 Å². The molecule has 1 saturated heterocycles. The minimum Gasteiger partial charge on any atom is -0.388 e. The van der Waals surface area contributed by atoms with Gasteiger partial charge in [0.2, 0.25) is 0 Å². The van der Waals surface area contributed by atoms with Crippen LogP contribution in [0.25, 0.3) is 16.9 Å². The fourth-order valence-electron chi connectivity index (χ4n) is 5.12. The average molecular weight is 535 g/mol. The zero-order valence-corrected chi connectivity index (χ0v) is 21.5. The number of nitrogens with one attached hydrogen (secondary N) is 2. The summed E-state index contributed by atoms with van der Waals surface area (Å²) < 4.78 is 33.7. The highest BCUT2D eigenvalue weighted by Gasteiger charge is 2.33. The maximum atomic E-state index is 13.1. The Kier molecular flexibility index (Phi) is 6.19. The summed E-state index contributed by atoms with van der Waals surface area (Å²) in [4.78, 5) is 23.8. The van der Waals surface area contributed by atoms with Gasteiger partial charge in [0.15, 0.2) is 0 Å². The van der Waals surface area contributed by atoms with Gasteiger partial charge in [-0.3, -0.25) is 9.20 Å². The minimum absolute atomic E-state index is 0.0922. The van der Waals surface area contributed by atoms with Crippen LogP contribution in [0.15, 0.2) is 55.0 Å². The number of benzene rings is 1. The van der Waals surface area contributed by atoms with E-state index in [1.807, 2.05) is 24.3 Å². The van der Waals surface area contributed by atoms with E-state index < -0.39 is 12.0 Å². The summed E-state index contributed by atoms with van der Waals surface area (Å²) in [6.45, 7) is 5.59. The number of aromatic nitrogens is 3. The molecule has 0 spiro atoms. The lowest BCUT2D eigenvalue weighted by Crippen LogP contribution is -2.52. The smallest absolute Gasteiger partial charge is 0.264 e. The molecule has 202 valence electrons. The standard InChI is InChI=1S/C28H28F2N6O3/c1-28(2,38)22-15-35(9-10-39-22)17-3-6-23(31-12-17)34-20-5-4-18(19-13-33-27(37)25(19)20)21-14-32-24-11-16(26(29)30)7-8-36(21)24/h3-8,11-12,14,22,26,38H,9-10,13,15H2,1-2H3,(H,31,34)(H,33,37)/t22-/m0/s1. The van der Waals surface area contributed by atoms with Crippen molar-refractivity contribution >= 4 is 28.7 Å². The van der Waals surface area contributed by atoms with Crippen LogP contribution in [0.1, 0.15) is 41.8 Å². The third kappa shape index (κ3) is 4.68. The molecule has 1 atom stereocenters. The number of imidazole rings is 1. The Balaban J connectivity index is 1.27. The number of morpholine rings is 1. The summed E-state index contributed by atoms with van der Waals surface area (Å²) in [5, 5.41) is 16.5. The Hall–Kier alpha value is -4.09. The number of hydrogen-bond acceptors (Lipinski definition) is 7. The van der Waals surface area contributed by atoms with Crippen molar-refractivity contribution in [3.63, 3.8) is 0 Å². The Labute approximate surface area is 223 Å². The number of aliphatic hydroxyl groups is 1. The maximum absolute atomic E-state index is 13.1. The molecular weight excluding hydrogens is 506 g/mol. The molecule has 3 aromatic heterocycles. The Bertz CT molecular complexity index is 1550. The van der Waals surface area contributed by atoms with E-state index in [0.717, 1.165) is 16.8 Å². The molecular formula is C28H28F2N6O3. The van der Waals surface area contributed by atoms with Gasteiger partial charge in [-0.15, -0.1) is 0 Å². The largest absolute Gasteiger partial charge is 0.388 e. The summed E-state index contributed by atoms with van der Waals surface area (Å²) in [6, 6.07) is 10.2. The number of carbonyl (C=O) groups excluding carboxylic acids is 1. The predicted octanol–water partition coefficient (Wildman–Crippen LogP) is 4.30. The molecule has 5 heterocycles. The first-order chi connectivity index (χ1) is 18.7. The zero-order valence-electron chi connectivity index (χ0n) is 21.5. The van der Waals surface area contributed by atoms with Crippen LogP contribution in [0.3, 0.4) is 0 Å². The maximum Gasteiger partial charge on any atom is 0.264 e. The summed E-state index contributed by atoms with van der Waals surface area (Å²) in [5.41, 5.74) is 3.72. The van der Waals surface area contributed by atoms with Crippen LogP contribution in [0.2, 0.25) is 0 Å². The number of carbonyl (C=O) groups is 1. The Morgan fingerprint density at radius 3 is 2.77 bits per heavy atom. The van der Waals surface area contributed by atoms with E-state index >= 15 is 0 Å². The molecule has 0 saturated carbocycles. The van der Waals surface area contributed by atoms with Gasteiger partial charge in [-0.05, 0) is 49.7 Å². The van der Waals surface area contributed by atoms with E-state index in [1.54, 1.807) is 36.8 Å². The van der Waals surface area contributed by atoms with Crippen molar-refractivity contribution in [2.24, 2.45) is 0 Å². The van der Waals surface area contributed by atoms with E-state index in [-0.39, 0.29) is 17.6 Å². The van der Waals surface area contributed by atoms with Gasteiger partial charge in [0.1, 0.15) is 17.6 Å². The first-order valence-electron chi connectivity index (χ1n) is 12.7. The lowest BCUT2D eigenvalue weighted by molar-refractivity contribution is -0.0928. The molecule has 1 amide bonds. The normalized spacial score (nSPS) is 17.5. The van der Waals surface area contributed by atoms with Gasteiger partial charge < -0.3 is 25.4 Å².